The first-order valence-corrected chi connectivity index (χ1v) is 4.15. The van der Waals surface area contributed by atoms with Crippen LogP contribution in [-0.2, 0) is 0 Å². The number of rotatable bonds is 1. The van der Waals surface area contributed by atoms with E-state index >= 15 is 0 Å². The van der Waals surface area contributed by atoms with Crippen LogP contribution in [0.15, 0.2) is 12.1 Å². The van der Waals surface area contributed by atoms with E-state index in [-0.39, 0.29) is 22.7 Å². The molecule has 1 aromatic carbocycles. The molecule has 0 fully saturated rings. The maximum absolute atomic E-state index is 13.3. The van der Waals surface area contributed by atoms with E-state index in [1.54, 1.807) is 0 Å². The lowest BCUT2D eigenvalue weighted by Gasteiger charge is -2.02. The number of nitro groups is 1. The fourth-order valence-electron chi connectivity index (χ4n) is 1.32. The molecule has 0 atom stereocenters. The van der Waals surface area contributed by atoms with Gasteiger partial charge in [-0.05, 0) is 0 Å². The average Bonchev–Trinajstić information content (AvgIpc) is 2.15. The Labute approximate surface area is 88.1 Å². The summed E-state index contributed by atoms with van der Waals surface area (Å²) >= 11 is 0. The maximum atomic E-state index is 13.3. The van der Waals surface area contributed by atoms with E-state index in [2.05, 4.69) is 9.97 Å². The first kappa shape index (κ1) is 10.0. The van der Waals surface area contributed by atoms with Crippen molar-refractivity contribution in [1.82, 2.24) is 9.97 Å². The number of nitrogens with zero attached hydrogens (tertiary/aromatic N) is 3. The SMILES string of the molecule is Nc1nc(N)c2cc([N+](=O)[O-])c(F)cc2n1. The third kappa shape index (κ3) is 1.45. The highest BCUT2D eigenvalue weighted by Crippen LogP contribution is 2.26. The molecule has 8 heteroatoms. The van der Waals surface area contributed by atoms with Gasteiger partial charge < -0.3 is 11.5 Å². The van der Waals surface area contributed by atoms with Gasteiger partial charge in [0.05, 0.1) is 10.4 Å². The van der Waals surface area contributed by atoms with Gasteiger partial charge in [0.25, 0.3) is 0 Å². The first-order chi connectivity index (χ1) is 7.49. The average molecular weight is 223 g/mol. The third-order valence-electron chi connectivity index (χ3n) is 2.01. The number of halogens is 1. The lowest BCUT2D eigenvalue weighted by atomic mass is 10.2. The standard InChI is InChI=1S/C8H6FN5O2/c9-4-2-5-3(1-6(4)14(15)16)7(10)13-8(11)12-5/h1-2H,(H4,10,11,12,13). The number of benzene rings is 1. The Morgan fingerprint density at radius 2 is 2.00 bits per heavy atom. The highest BCUT2D eigenvalue weighted by atomic mass is 19.1. The second kappa shape index (κ2) is 3.26. The summed E-state index contributed by atoms with van der Waals surface area (Å²) < 4.78 is 13.3. The fourth-order valence-corrected chi connectivity index (χ4v) is 1.32. The van der Waals surface area contributed by atoms with Crippen LogP contribution < -0.4 is 11.5 Å². The van der Waals surface area contributed by atoms with Gasteiger partial charge in [-0.1, -0.05) is 0 Å². The van der Waals surface area contributed by atoms with Crippen molar-refractivity contribution in [1.29, 1.82) is 0 Å². The number of nitrogen functional groups attached to an aromatic ring is 2. The van der Waals surface area contributed by atoms with Crippen LogP contribution in [0.2, 0.25) is 0 Å². The van der Waals surface area contributed by atoms with Crippen LogP contribution in [-0.4, -0.2) is 14.9 Å². The fraction of sp³-hybridized carbons (Fsp3) is 0. The summed E-state index contributed by atoms with van der Waals surface area (Å²) in [6.45, 7) is 0. The number of anilines is 2. The molecule has 16 heavy (non-hydrogen) atoms. The van der Waals surface area contributed by atoms with Crippen molar-refractivity contribution in [2.75, 3.05) is 11.5 Å². The second-order valence-electron chi connectivity index (χ2n) is 3.04. The van der Waals surface area contributed by atoms with Gasteiger partial charge in [0.1, 0.15) is 5.82 Å². The normalized spacial score (nSPS) is 10.6. The van der Waals surface area contributed by atoms with Gasteiger partial charge in [-0.3, -0.25) is 10.1 Å². The molecule has 2 aromatic rings. The molecule has 1 heterocycles. The van der Waals surface area contributed by atoms with Crippen molar-refractivity contribution < 1.29 is 9.31 Å². The number of hydrogen-bond donors (Lipinski definition) is 2. The molecular formula is C8H6FN5O2. The molecule has 0 bridgehead atoms. The van der Waals surface area contributed by atoms with Crippen LogP contribution in [0.5, 0.6) is 0 Å². The Morgan fingerprint density at radius 3 is 2.62 bits per heavy atom. The zero-order valence-corrected chi connectivity index (χ0v) is 7.85. The van der Waals surface area contributed by atoms with Crippen LogP contribution in [0.3, 0.4) is 0 Å². The van der Waals surface area contributed by atoms with Gasteiger partial charge in [0.2, 0.25) is 11.8 Å². The summed E-state index contributed by atoms with van der Waals surface area (Å²) in [5, 5.41) is 10.7. The third-order valence-corrected chi connectivity index (χ3v) is 2.01. The summed E-state index contributed by atoms with van der Waals surface area (Å²) in [5.74, 6) is -1.13. The van der Waals surface area contributed by atoms with Gasteiger partial charge in [0, 0.05) is 17.5 Å². The Bertz CT molecular complexity index is 600. The molecule has 0 saturated heterocycles. The van der Waals surface area contributed by atoms with Crippen molar-refractivity contribution in [2.24, 2.45) is 0 Å². The van der Waals surface area contributed by atoms with Crippen molar-refractivity contribution in [2.45, 2.75) is 0 Å². The summed E-state index contributed by atoms with van der Waals surface area (Å²) in [7, 11) is 0. The minimum atomic E-state index is -0.991. The smallest absolute Gasteiger partial charge is 0.305 e. The molecule has 1 aromatic heterocycles. The van der Waals surface area contributed by atoms with E-state index in [0.717, 1.165) is 12.1 Å². The minimum Gasteiger partial charge on any atom is -0.383 e. The number of fused-ring (bicyclic) bond motifs is 1. The highest BCUT2D eigenvalue weighted by Gasteiger charge is 2.17. The van der Waals surface area contributed by atoms with Crippen molar-refractivity contribution in [3.8, 4) is 0 Å². The Hall–Kier alpha value is -2.51. The van der Waals surface area contributed by atoms with Gasteiger partial charge in [-0.2, -0.15) is 9.37 Å². The van der Waals surface area contributed by atoms with E-state index in [9.17, 15) is 14.5 Å². The zero-order chi connectivity index (χ0) is 11.9. The van der Waals surface area contributed by atoms with Gasteiger partial charge >= 0.3 is 5.69 Å². The van der Waals surface area contributed by atoms with E-state index in [1.165, 1.54) is 0 Å². The quantitative estimate of drug-likeness (QED) is 0.545. The Kier molecular flexibility index (Phi) is 2.04. The number of aromatic nitrogens is 2. The van der Waals surface area contributed by atoms with E-state index in [0.29, 0.717) is 0 Å². The summed E-state index contributed by atoms with van der Waals surface area (Å²) in [5.41, 5.74) is 10.3. The number of nitrogens with two attached hydrogens (primary N) is 2. The van der Waals surface area contributed by atoms with Crippen LogP contribution in [0.4, 0.5) is 21.8 Å². The van der Waals surface area contributed by atoms with Crippen molar-refractivity contribution in [3.05, 3.63) is 28.1 Å². The minimum absolute atomic E-state index is 0.0226. The molecule has 0 aliphatic carbocycles. The lowest BCUT2D eigenvalue weighted by molar-refractivity contribution is -0.387. The predicted molar refractivity (Wildman–Crippen MR) is 55.0 cm³/mol. The molecule has 0 unspecified atom stereocenters. The number of nitro benzene ring substituents is 1. The Morgan fingerprint density at radius 1 is 1.31 bits per heavy atom. The summed E-state index contributed by atoms with van der Waals surface area (Å²) in [6, 6.07) is 1.89. The lowest BCUT2D eigenvalue weighted by Crippen LogP contribution is -2.02. The van der Waals surface area contributed by atoms with Gasteiger partial charge in [0.15, 0.2) is 0 Å². The van der Waals surface area contributed by atoms with Crippen LogP contribution in [0.1, 0.15) is 0 Å². The Balaban J connectivity index is 2.84. The molecule has 7 nitrogen and oxygen atoms in total. The number of hydrogen-bond acceptors (Lipinski definition) is 6. The first-order valence-electron chi connectivity index (χ1n) is 4.15. The molecule has 0 spiro atoms. The molecular weight excluding hydrogens is 217 g/mol. The summed E-state index contributed by atoms with van der Waals surface area (Å²) in [4.78, 5) is 17.0. The second-order valence-corrected chi connectivity index (χ2v) is 3.04. The maximum Gasteiger partial charge on any atom is 0.305 e. The molecule has 82 valence electrons. The molecule has 0 amide bonds. The topological polar surface area (TPSA) is 121 Å². The van der Waals surface area contributed by atoms with E-state index in [4.69, 9.17) is 11.5 Å². The van der Waals surface area contributed by atoms with Crippen LogP contribution in [0.25, 0.3) is 10.9 Å². The summed E-state index contributed by atoms with van der Waals surface area (Å²) in [6.07, 6.45) is 0. The van der Waals surface area contributed by atoms with E-state index < -0.39 is 16.4 Å². The zero-order valence-electron chi connectivity index (χ0n) is 7.85. The molecule has 2 rings (SSSR count). The molecule has 4 N–H and O–H groups in total. The predicted octanol–water partition coefficient (Wildman–Crippen LogP) is 0.841. The molecule has 0 aliphatic rings. The van der Waals surface area contributed by atoms with Crippen molar-refractivity contribution >= 4 is 28.4 Å². The van der Waals surface area contributed by atoms with Crippen LogP contribution >= 0.6 is 0 Å². The van der Waals surface area contributed by atoms with Crippen molar-refractivity contribution in [3.63, 3.8) is 0 Å². The largest absolute Gasteiger partial charge is 0.383 e. The highest BCUT2D eigenvalue weighted by molar-refractivity contribution is 5.90. The molecule has 0 radical (unpaired) electrons. The molecule has 0 saturated carbocycles. The monoisotopic (exact) mass is 223 g/mol. The van der Waals surface area contributed by atoms with E-state index in [1.807, 2.05) is 0 Å². The molecule has 0 aliphatic heterocycles. The van der Waals surface area contributed by atoms with Gasteiger partial charge in [-0.25, -0.2) is 4.98 Å². The van der Waals surface area contributed by atoms with Gasteiger partial charge in [-0.15, -0.1) is 0 Å². The van der Waals surface area contributed by atoms with Crippen LogP contribution in [0, 0.1) is 15.9 Å².